The minimum Gasteiger partial charge on any atom is -0.305 e. The number of aryl methyl sites for hydroxylation is 2. The molecule has 0 atom stereocenters. The molecule has 0 aromatic heterocycles. The molecule has 0 unspecified atom stereocenters. The Morgan fingerprint density at radius 2 is 1.57 bits per heavy atom. The van der Waals surface area contributed by atoms with Crippen molar-refractivity contribution in [2.24, 2.45) is 0 Å². The van der Waals surface area contributed by atoms with Gasteiger partial charge < -0.3 is 5.41 Å². The van der Waals surface area contributed by atoms with Gasteiger partial charge in [-0.15, -0.1) is 0 Å². The molecule has 1 N–H and O–H groups in total. The average molecular weight is 322 g/mol. The van der Waals surface area contributed by atoms with Crippen molar-refractivity contribution in [3.05, 3.63) is 69.2 Å². The standard InChI is InChI=1S/C16H15Cl2N.C2H6/c1-11(19)13-5-2-12(3-6-13)4-7-14-8-9-15(17)10-16(14)18;1-2/h2-3,5-6,8-10,19H,4,7H2,1H3;1-2H3. The lowest BCUT2D eigenvalue weighted by atomic mass is 10.0. The Morgan fingerprint density at radius 3 is 2.10 bits per heavy atom. The zero-order valence-corrected chi connectivity index (χ0v) is 14.2. The molecule has 0 radical (unpaired) electrons. The highest BCUT2D eigenvalue weighted by molar-refractivity contribution is 6.35. The van der Waals surface area contributed by atoms with Gasteiger partial charge in [0.15, 0.2) is 0 Å². The highest BCUT2D eigenvalue weighted by atomic mass is 35.5. The predicted octanol–water partition coefficient (Wildman–Crippen LogP) is 6.19. The van der Waals surface area contributed by atoms with Gasteiger partial charge in [0.2, 0.25) is 0 Å². The van der Waals surface area contributed by atoms with Gasteiger partial charge in [0.1, 0.15) is 0 Å². The summed E-state index contributed by atoms with van der Waals surface area (Å²) in [5.41, 5.74) is 3.91. The van der Waals surface area contributed by atoms with Gasteiger partial charge in [-0.25, -0.2) is 0 Å². The smallest absolute Gasteiger partial charge is 0.0452 e. The van der Waals surface area contributed by atoms with Crippen molar-refractivity contribution in [1.82, 2.24) is 0 Å². The monoisotopic (exact) mass is 321 g/mol. The Bertz CT molecular complexity index is 589. The summed E-state index contributed by atoms with van der Waals surface area (Å²) in [4.78, 5) is 0. The zero-order valence-electron chi connectivity index (χ0n) is 12.7. The first-order valence-electron chi connectivity index (χ1n) is 7.14. The minimum absolute atomic E-state index is 0.590. The van der Waals surface area contributed by atoms with Gasteiger partial charge in [-0.1, -0.05) is 67.4 Å². The van der Waals surface area contributed by atoms with Crippen molar-refractivity contribution in [2.75, 3.05) is 0 Å². The highest BCUT2D eigenvalue weighted by Crippen LogP contribution is 2.22. The van der Waals surface area contributed by atoms with Crippen molar-refractivity contribution in [3.8, 4) is 0 Å². The first-order valence-corrected chi connectivity index (χ1v) is 7.90. The van der Waals surface area contributed by atoms with Gasteiger partial charge in [-0.05, 0) is 48.6 Å². The normalized spacial score (nSPS) is 9.76. The second kappa shape index (κ2) is 8.86. The molecule has 0 fully saturated rings. The van der Waals surface area contributed by atoms with Crippen LogP contribution in [0.2, 0.25) is 10.0 Å². The van der Waals surface area contributed by atoms with Crippen LogP contribution in [-0.2, 0) is 12.8 Å². The Balaban J connectivity index is 0.00000106. The molecule has 2 aromatic rings. The largest absolute Gasteiger partial charge is 0.305 e. The van der Waals surface area contributed by atoms with Crippen molar-refractivity contribution in [3.63, 3.8) is 0 Å². The summed E-state index contributed by atoms with van der Waals surface area (Å²) >= 11 is 12.0. The van der Waals surface area contributed by atoms with Crippen LogP contribution >= 0.6 is 23.2 Å². The summed E-state index contributed by atoms with van der Waals surface area (Å²) in [5.74, 6) is 0. The summed E-state index contributed by atoms with van der Waals surface area (Å²) < 4.78 is 0. The van der Waals surface area contributed by atoms with E-state index in [1.165, 1.54) is 5.56 Å². The Hall–Kier alpha value is -1.31. The molecule has 0 aliphatic carbocycles. The molecular formula is C18H21Cl2N. The molecule has 0 heterocycles. The number of benzene rings is 2. The van der Waals surface area contributed by atoms with Crippen molar-refractivity contribution in [1.29, 1.82) is 5.41 Å². The van der Waals surface area contributed by atoms with Crippen LogP contribution in [0.25, 0.3) is 0 Å². The van der Waals surface area contributed by atoms with Crippen LogP contribution in [0.3, 0.4) is 0 Å². The maximum atomic E-state index is 7.56. The SMILES string of the molecule is CC.CC(=N)c1ccc(CCc2ccc(Cl)cc2Cl)cc1. The maximum absolute atomic E-state index is 7.56. The number of rotatable bonds is 4. The van der Waals surface area contributed by atoms with Crippen molar-refractivity contribution >= 4 is 28.9 Å². The number of hydrogen-bond donors (Lipinski definition) is 1. The van der Waals surface area contributed by atoms with Crippen LogP contribution in [0.1, 0.15) is 37.5 Å². The quantitative estimate of drug-likeness (QED) is 0.649. The molecule has 0 saturated carbocycles. The third-order valence-electron chi connectivity index (χ3n) is 3.09. The lowest BCUT2D eigenvalue weighted by Gasteiger charge is -2.06. The van der Waals surface area contributed by atoms with Gasteiger partial charge in [-0.3, -0.25) is 0 Å². The van der Waals surface area contributed by atoms with Gasteiger partial charge in [0, 0.05) is 15.8 Å². The van der Waals surface area contributed by atoms with E-state index in [1.807, 2.05) is 38.1 Å². The van der Waals surface area contributed by atoms with Crippen LogP contribution in [0.5, 0.6) is 0 Å². The summed E-state index contributed by atoms with van der Waals surface area (Å²) in [6.45, 7) is 5.79. The van der Waals surface area contributed by atoms with Gasteiger partial charge >= 0.3 is 0 Å². The summed E-state index contributed by atoms with van der Waals surface area (Å²) in [5, 5.41) is 8.95. The molecule has 3 heteroatoms. The second-order valence-electron chi connectivity index (χ2n) is 4.56. The third kappa shape index (κ3) is 5.53. The summed E-state index contributed by atoms with van der Waals surface area (Å²) in [6.07, 6.45) is 1.82. The Labute approximate surface area is 137 Å². The number of halogens is 2. The van der Waals surface area contributed by atoms with E-state index in [9.17, 15) is 0 Å². The first kappa shape index (κ1) is 17.7. The van der Waals surface area contributed by atoms with E-state index in [0.717, 1.165) is 29.0 Å². The fourth-order valence-corrected chi connectivity index (χ4v) is 2.43. The third-order valence-corrected chi connectivity index (χ3v) is 3.67. The number of nitrogens with one attached hydrogen (secondary N) is 1. The molecule has 0 aliphatic rings. The molecule has 1 nitrogen and oxygen atoms in total. The van der Waals surface area contributed by atoms with Crippen LogP contribution < -0.4 is 0 Å². The van der Waals surface area contributed by atoms with E-state index < -0.39 is 0 Å². The molecule has 0 aliphatic heterocycles. The van der Waals surface area contributed by atoms with Crippen LogP contribution in [0.4, 0.5) is 0 Å². The first-order chi connectivity index (χ1) is 10.1. The zero-order chi connectivity index (χ0) is 15.8. The summed E-state index contributed by atoms with van der Waals surface area (Å²) in [6, 6.07) is 13.7. The molecular weight excluding hydrogens is 301 g/mol. The summed E-state index contributed by atoms with van der Waals surface area (Å²) in [7, 11) is 0. The maximum Gasteiger partial charge on any atom is 0.0452 e. The van der Waals surface area contributed by atoms with Crippen LogP contribution in [0, 0.1) is 5.41 Å². The Morgan fingerprint density at radius 1 is 0.952 bits per heavy atom. The molecule has 112 valence electrons. The average Bonchev–Trinajstić information content (AvgIpc) is 2.49. The fourth-order valence-electron chi connectivity index (χ4n) is 1.92. The molecule has 21 heavy (non-hydrogen) atoms. The Kier molecular flexibility index (Phi) is 7.49. The van der Waals surface area contributed by atoms with E-state index >= 15 is 0 Å². The fraction of sp³-hybridized carbons (Fsp3) is 0.278. The van der Waals surface area contributed by atoms with Crippen molar-refractivity contribution in [2.45, 2.75) is 33.6 Å². The minimum atomic E-state index is 0.590. The highest BCUT2D eigenvalue weighted by Gasteiger charge is 2.02. The van der Waals surface area contributed by atoms with E-state index in [2.05, 4.69) is 12.1 Å². The van der Waals surface area contributed by atoms with E-state index in [-0.39, 0.29) is 0 Å². The predicted molar refractivity (Wildman–Crippen MR) is 94.2 cm³/mol. The van der Waals surface area contributed by atoms with E-state index in [4.69, 9.17) is 28.6 Å². The molecule has 0 amide bonds. The van der Waals surface area contributed by atoms with Crippen molar-refractivity contribution < 1.29 is 0 Å². The van der Waals surface area contributed by atoms with Gasteiger partial charge in [-0.2, -0.15) is 0 Å². The van der Waals surface area contributed by atoms with Gasteiger partial charge in [0.25, 0.3) is 0 Å². The molecule has 0 bridgehead atoms. The van der Waals surface area contributed by atoms with E-state index in [0.29, 0.717) is 10.7 Å². The topological polar surface area (TPSA) is 23.9 Å². The van der Waals surface area contributed by atoms with E-state index in [1.54, 1.807) is 13.0 Å². The van der Waals surface area contributed by atoms with Crippen LogP contribution in [-0.4, -0.2) is 5.71 Å². The van der Waals surface area contributed by atoms with Crippen LogP contribution in [0.15, 0.2) is 42.5 Å². The lowest BCUT2D eigenvalue weighted by molar-refractivity contribution is 0.960. The number of hydrogen-bond acceptors (Lipinski definition) is 1. The molecule has 0 spiro atoms. The second-order valence-corrected chi connectivity index (χ2v) is 5.40. The molecule has 2 aromatic carbocycles. The van der Waals surface area contributed by atoms with Gasteiger partial charge in [0.05, 0.1) is 0 Å². The molecule has 0 saturated heterocycles. The lowest BCUT2D eigenvalue weighted by Crippen LogP contribution is -1.95. The molecule has 2 rings (SSSR count).